The number of rotatable bonds is 3. The van der Waals surface area contributed by atoms with Gasteiger partial charge in [0, 0.05) is 6.20 Å². The van der Waals surface area contributed by atoms with E-state index in [4.69, 9.17) is 5.73 Å². The van der Waals surface area contributed by atoms with Crippen LogP contribution in [0.2, 0.25) is 0 Å². The van der Waals surface area contributed by atoms with Crippen LogP contribution in [-0.2, 0) is 10.0 Å². The minimum atomic E-state index is -3.46. The van der Waals surface area contributed by atoms with Gasteiger partial charge >= 0.3 is 0 Å². The van der Waals surface area contributed by atoms with Crippen molar-refractivity contribution in [3.05, 3.63) is 24.7 Å². The molecule has 18 heavy (non-hydrogen) atoms. The molecule has 0 aliphatic rings. The quantitative estimate of drug-likeness (QED) is 0.868. The minimum Gasteiger partial charge on any atom is -0.384 e. The Morgan fingerprint density at radius 3 is 2.72 bits per heavy atom. The van der Waals surface area contributed by atoms with Gasteiger partial charge in [0.05, 0.1) is 23.2 Å². The van der Waals surface area contributed by atoms with E-state index >= 15 is 0 Å². The number of hydrogen-bond acceptors (Lipinski definition) is 6. The highest BCUT2D eigenvalue weighted by atomic mass is 32.2. The Hall–Kier alpha value is -1.96. The summed E-state index contributed by atoms with van der Waals surface area (Å²) in [5.41, 5.74) is 6.05. The van der Waals surface area contributed by atoms with Crippen molar-refractivity contribution in [2.45, 2.75) is 19.1 Å². The Kier molecular flexibility index (Phi) is 3.04. The molecular weight excluding hydrogens is 254 g/mol. The molecule has 2 aromatic rings. The SMILES string of the molecule is CC(C)S(=O)(=O)n1cc(-c2nccc(N)n2)cn1. The van der Waals surface area contributed by atoms with Gasteiger partial charge in [0.25, 0.3) is 10.0 Å². The van der Waals surface area contributed by atoms with Crippen LogP contribution in [0.4, 0.5) is 5.82 Å². The first-order valence-corrected chi connectivity index (χ1v) is 6.79. The summed E-state index contributed by atoms with van der Waals surface area (Å²) < 4.78 is 24.7. The topological polar surface area (TPSA) is 104 Å². The first kappa shape index (κ1) is 12.5. The number of aromatic nitrogens is 4. The largest absolute Gasteiger partial charge is 0.384 e. The standard InChI is InChI=1S/C10H13N5O2S/c1-7(2)18(16,17)15-6-8(5-13-15)10-12-4-3-9(11)14-10/h3-7H,1-2H3,(H2,11,12,14). The first-order valence-electron chi connectivity index (χ1n) is 5.29. The summed E-state index contributed by atoms with van der Waals surface area (Å²) in [6, 6.07) is 1.55. The molecular formula is C10H13N5O2S. The van der Waals surface area contributed by atoms with Gasteiger partial charge in [-0.25, -0.2) is 18.4 Å². The molecule has 0 saturated heterocycles. The van der Waals surface area contributed by atoms with Gasteiger partial charge in [0.2, 0.25) is 0 Å². The highest BCUT2D eigenvalue weighted by Gasteiger charge is 2.20. The molecule has 0 bridgehead atoms. The van der Waals surface area contributed by atoms with Gasteiger partial charge in [-0.2, -0.15) is 9.19 Å². The van der Waals surface area contributed by atoms with E-state index in [1.165, 1.54) is 18.6 Å². The second-order valence-electron chi connectivity index (χ2n) is 4.00. The number of hydrogen-bond donors (Lipinski definition) is 1. The second-order valence-corrected chi connectivity index (χ2v) is 6.35. The van der Waals surface area contributed by atoms with Gasteiger partial charge in [0.15, 0.2) is 5.82 Å². The summed E-state index contributed by atoms with van der Waals surface area (Å²) in [5, 5.41) is 3.27. The molecule has 7 nitrogen and oxygen atoms in total. The number of anilines is 1. The molecule has 0 atom stereocenters. The van der Waals surface area contributed by atoms with Crippen molar-refractivity contribution in [1.82, 2.24) is 19.2 Å². The van der Waals surface area contributed by atoms with Crippen LogP contribution < -0.4 is 5.73 Å². The van der Waals surface area contributed by atoms with Gasteiger partial charge in [0.1, 0.15) is 5.82 Å². The van der Waals surface area contributed by atoms with E-state index in [0.29, 0.717) is 17.2 Å². The molecule has 0 amide bonds. The van der Waals surface area contributed by atoms with Crippen LogP contribution in [0.1, 0.15) is 13.8 Å². The molecule has 2 N–H and O–H groups in total. The van der Waals surface area contributed by atoms with Crippen molar-refractivity contribution < 1.29 is 8.42 Å². The Bertz CT molecular complexity index is 662. The Morgan fingerprint density at radius 2 is 2.11 bits per heavy atom. The first-order chi connectivity index (χ1) is 8.41. The molecule has 96 valence electrons. The monoisotopic (exact) mass is 267 g/mol. The van der Waals surface area contributed by atoms with E-state index in [-0.39, 0.29) is 0 Å². The lowest BCUT2D eigenvalue weighted by Crippen LogP contribution is -2.22. The molecule has 0 unspecified atom stereocenters. The van der Waals surface area contributed by atoms with E-state index in [9.17, 15) is 8.42 Å². The maximum absolute atomic E-state index is 11.9. The molecule has 0 radical (unpaired) electrons. The van der Waals surface area contributed by atoms with Gasteiger partial charge in [-0.15, -0.1) is 0 Å². The average molecular weight is 267 g/mol. The fourth-order valence-corrected chi connectivity index (χ4v) is 2.16. The molecule has 2 heterocycles. The van der Waals surface area contributed by atoms with Crippen LogP contribution in [0, 0.1) is 0 Å². The third kappa shape index (κ3) is 2.19. The van der Waals surface area contributed by atoms with Crippen LogP contribution in [0.15, 0.2) is 24.7 Å². The zero-order chi connectivity index (χ0) is 13.3. The highest BCUT2D eigenvalue weighted by molar-refractivity contribution is 7.90. The summed E-state index contributed by atoms with van der Waals surface area (Å²) in [6.07, 6.45) is 4.28. The predicted octanol–water partition coefficient (Wildman–Crippen LogP) is 0.509. The van der Waals surface area contributed by atoms with Crippen molar-refractivity contribution >= 4 is 15.8 Å². The van der Waals surface area contributed by atoms with E-state index in [1.807, 2.05) is 0 Å². The number of nitrogens with zero attached hydrogens (tertiary/aromatic N) is 4. The zero-order valence-electron chi connectivity index (χ0n) is 9.98. The van der Waals surface area contributed by atoms with Crippen molar-refractivity contribution in [2.75, 3.05) is 5.73 Å². The summed E-state index contributed by atoms with van der Waals surface area (Å²) in [4.78, 5) is 8.01. The van der Waals surface area contributed by atoms with Crippen molar-refractivity contribution in [1.29, 1.82) is 0 Å². The molecule has 2 aromatic heterocycles. The van der Waals surface area contributed by atoms with E-state index in [1.54, 1.807) is 19.9 Å². The number of nitrogen functional groups attached to an aromatic ring is 1. The smallest absolute Gasteiger partial charge is 0.256 e. The third-order valence-electron chi connectivity index (χ3n) is 2.35. The molecule has 0 spiro atoms. The lowest BCUT2D eigenvalue weighted by atomic mass is 10.3. The highest BCUT2D eigenvalue weighted by Crippen LogP contribution is 2.16. The van der Waals surface area contributed by atoms with Gasteiger partial charge in [-0.1, -0.05) is 0 Å². The number of nitrogens with two attached hydrogens (primary N) is 1. The molecule has 0 aliphatic carbocycles. The zero-order valence-corrected chi connectivity index (χ0v) is 10.8. The van der Waals surface area contributed by atoms with Crippen LogP contribution in [-0.4, -0.2) is 32.8 Å². The third-order valence-corrected chi connectivity index (χ3v) is 4.26. The van der Waals surface area contributed by atoms with Crippen LogP contribution in [0.25, 0.3) is 11.4 Å². The molecule has 0 fully saturated rings. The average Bonchev–Trinajstić information content (AvgIpc) is 2.78. The lowest BCUT2D eigenvalue weighted by Gasteiger charge is -2.06. The van der Waals surface area contributed by atoms with Crippen LogP contribution >= 0.6 is 0 Å². The van der Waals surface area contributed by atoms with Gasteiger partial charge in [-0.3, -0.25) is 0 Å². The maximum Gasteiger partial charge on any atom is 0.256 e. The fraction of sp³-hybridized carbons (Fsp3) is 0.300. The van der Waals surface area contributed by atoms with Crippen molar-refractivity contribution in [2.24, 2.45) is 0 Å². The van der Waals surface area contributed by atoms with Gasteiger partial charge < -0.3 is 5.73 Å². The summed E-state index contributed by atoms with van der Waals surface area (Å²) in [6.45, 7) is 3.18. The summed E-state index contributed by atoms with van der Waals surface area (Å²) in [7, 11) is -3.46. The Labute approximate surface area is 105 Å². The minimum absolute atomic E-state index is 0.319. The Balaban J connectivity index is 2.43. The predicted molar refractivity (Wildman–Crippen MR) is 67.1 cm³/mol. The molecule has 2 rings (SSSR count). The van der Waals surface area contributed by atoms with Crippen molar-refractivity contribution in [3.8, 4) is 11.4 Å². The second kappa shape index (κ2) is 4.37. The molecule has 0 aromatic carbocycles. The molecule has 8 heteroatoms. The lowest BCUT2D eigenvalue weighted by molar-refractivity contribution is 0.571. The van der Waals surface area contributed by atoms with Gasteiger partial charge in [-0.05, 0) is 19.9 Å². The molecule has 0 saturated carbocycles. The summed E-state index contributed by atoms with van der Waals surface area (Å²) in [5.74, 6) is 0.666. The summed E-state index contributed by atoms with van der Waals surface area (Å²) >= 11 is 0. The van der Waals surface area contributed by atoms with E-state index in [0.717, 1.165) is 4.09 Å². The van der Waals surface area contributed by atoms with Crippen LogP contribution in [0.5, 0.6) is 0 Å². The Morgan fingerprint density at radius 1 is 1.39 bits per heavy atom. The fourth-order valence-electron chi connectivity index (χ4n) is 1.29. The maximum atomic E-state index is 11.9. The van der Waals surface area contributed by atoms with E-state index < -0.39 is 15.3 Å². The van der Waals surface area contributed by atoms with E-state index in [2.05, 4.69) is 15.1 Å². The molecule has 0 aliphatic heterocycles. The van der Waals surface area contributed by atoms with Crippen molar-refractivity contribution in [3.63, 3.8) is 0 Å². The van der Waals surface area contributed by atoms with Crippen LogP contribution in [0.3, 0.4) is 0 Å². The normalized spacial score (nSPS) is 11.9.